The minimum atomic E-state index is -0.573. The van der Waals surface area contributed by atoms with Crippen molar-refractivity contribution in [1.82, 2.24) is 4.98 Å². The van der Waals surface area contributed by atoms with E-state index in [1.807, 2.05) is 48.5 Å². The number of Topliss-reactive ketones (excluding diaryl/α,β-unsaturated/α-hetero) is 1. The number of esters is 1. The van der Waals surface area contributed by atoms with Gasteiger partial charge in [0.2, 0.25) is 5.78 Å². The Morgan fingerprint density at radius 2 is 1.75 bits per heavy atom. The maximum Gasteiger partial charge on any atom is 0.340 e. The van der Waals surface area contributed by atoms with Gasteiger partial charge >= 0.3 is 5.97 Å². The number of carbonyl (C=O) groups excluding carboxylic acids is 2. The molecule has 0 bridgehead atoms. The van der Waals surface area contributed by atoms with Crippen molar-refractivity contribution in [3.63, 3.8) is 0 Å². The van der Waals surface area contributed by atoms with Gasteiger partial charge in [-0.3, -0.25) is 4.79 Å². The third kappa shape index (κ3) is 3.58. The molecule has 3 rings (SSSR count). The average Bonchev–Trinajstić information content (AvgIpc) is 2.99. The van der Waals surface area contributed by atoms with Crippen LogP contribution in [-0.4, -0.2) is 23.3 Å². The third-order valence-electron chi connectivity index (χ3n) is 4.53. The first-order valence-electron chi connectivity index (χ1n) is 8.97. The molecule has 5 heteroatoms. The van der Waals surface area contributed by atoms with E-state index in [4.69, 9.17) is 4.74 Å². The fourth-order valence-corrected chi connectivity index (χ4v) is 3.27. The molecule has 28 heavy (non-hydrogen) atoms. The predicted molar refractivity (Wildman–Crippen MR) is 108 cm³/mol. The number of aromatic amines is 1. The number of rotatable bonds is 5. The van der Waals surface area contributed by atoms with E-state index in [0.29, 0.717) is 11.4 Å². The van der Waals surface area contributed by atoms with E-state index >= 15 is 0 Å². The second-order valence-corrected chi connectivity index (χ2v) is 6.45. The summed E-state index contributed by atoms with van der Waals surface area (Å²) in [5, 5.41) is 11.7. The number of allylic oxidation sites excluding steroid dienone is 1. The van der Waals surface area contributed by atoms with Gasteiger partial charge in [-0.15, -0.1) is 0 Å². The summed E-state index contributed by atoms with van der Waals surface area (Å²) in [4.78, 5) is 28.4. The summed E-state index contributed by atoms with van der Waals surface area (Å²) in [6, 6.07) is 15.5. The van der Waals surface area contributed by atoms with Crippen LogP contribution in [0.1, 0.15) is 44.6 Å². The summed E-state index contributed by atoms with van der Waals surface area (Å²) in [7, 11) is 0. The fourth-order valence-electron chi connectivity index (χ4n) is 3.27. The SMILES string of the molecule is CCOC(=O)c1c(C)[nH]c(C)c1C(=O)/C(C#N)=C\c1ccc2ccccc2c1. The Morgan fingerprint density at radius 3 is 2.43 bits per heavy atom. The molecular weight excluding hydrogens is 352 g/mol. The third-order valence-corrected chi connectivity index (χ3v) is 4.53. The van der Waals surface area contributed by atoms with Crippen molar-refractivity contribution in [3.8, 4) is 6.07 Å². The number of nitrogens with zero attached hydrogens (tertiary/aromatic N) is 1. The molecule has 1 N–H and O–H groups in total. The number of nitriles is 1. The number of hydrogen-bond donors (Lipinski definition) is 1. The van der Waals surface area contributed by atoms with E-state index in [1.165, 1.54) is 0 Å². The van der Waals surface area contributed by atoms with Crippen LogP contribution in [0.15, 0.2) is 48.0 Å². The van der Waals surface area contributed by atoms with Crippen molar-refractivity contribution >= 4 is 28.6 Å². The highest BCUT2D eigenvalue weighted by Crippen LogP contribution is 2.24. The van der Waals surface area contributed by atoms with Gasteiger partial charge in [0, 0.05) is 11.4 Å². The summed E-state index contributed by atoms with van der Waals surface area (Å²) in [6.45, 7) is 5.31. The van der Waals surface area contributed by atoms with Gasteiger partial charge in [-0.1, -0.05) is 36.4 Å². The molecule has 0 unspecified atom stereocenters. The molecule has 0 atom stereocenters. The Labute approximate surface area is 163 Å². The van der Waals surface area contributed by atoms with Gasteiger partial charge in [0.05, 0.1) is 17.7 Å². The van der Waals surface area contributed by atoms with Crippen molar-refractivity contribution < 1.29 is 14.3 Å². The molecule has 0 spiro atoms. The smallest absolute Gasteiger partial charge is 0.340 e. The molecule has 0 fully saturated rings. The normalized spacial score (nSPS) is 11.3. The molecule has 0 saturated carbocycles. The summed E-state index contributed by atoms with van der Waals surface area (Å²) >= 11 is 0. The molecule has 0 saturated heterocycles. The lowest BCUT2D eigenvalue weighted by atomic mass is 9.97. The van der Waals surface area contributed by atoms with Crippen LogP contribution in [0.25, 0.3) is 16.8 Å². The molecule has 0 aliphatic carbocycles. The van der Waals surface area contributed by atoms with Gasteiger partial charge in [-0.2, -0.15) is 5.26 Å². The molecule has 3 aromatic rings. The van der Waals surface area contributed by atoms with Gasteiger partial charge in [0.15, 0.2) is 0 Å². The van der Waals surface area contributed by atoms with Crippen LogP contribution in [0.5, 0.6) is 0 Å². The zero-order chi connectivity index (χ0) is 20.3. The minimum absolute atomic E-state index is 0.0390. The molecular formula is C23H20N2O3. The molecule has 0 amide bonds. The first-order valence-corrected chi connectivity index (χ1v) is 8.97. The summed E-state index contributed by atoms with van der Waals surface area (Å²) in [5.41, 5.74) is 2.15. The number of H-pyrrole nitrogens is 1. The van der Waals surface area contributed by atoms with Crippen molar-refractivity contribution in [3.05, 3.63) is 76.1 Å². The van der Waals surface area contributed by atoms with Crippen LogP contribution < -0.4 is 0 Å². The summed E-state index contributed by atoms with van der Waals surface area (Å²) in [6.07, 6.45) is 1.55. The lowest BCUT2D eigenvalue weighted by Crippen LogP contribution is -2.13. The number of aromatic nitrogens is 1. The van der Waals surface area contributed by atoms with Gasteiger partial charge < -0.3 is 9.72 Å². The van der Waals surface area contributed by atoms with Crippen LogP contribution >= 0.6 is 0 Å². The number of ketones is 1. The van der Waals surface area contributed by atoms with Gasteiger partial charge in [0.1, 0.15) is 11.6 Å². The molecule has 1 heterocycles. The van der Waals surface area contributed by atoms with Crippen LogP contribution in [0.2, 0.25) is 0 Å². The zero-order valence-corrected chi connectivity index (χ0v) is 16.0. The predicted octanol–water partition coefficient (Wildman–Crippen LogP) is 4.75. The summed E-state index contributed by atoms with van der Waals surface area (Å²) < 4.78 is 5.08. The molecule has 0 radical (unpaired) electrons. The Morgan fingerprint density at radius 1 is 1.07 bits per heavy atom. The lowest BCUT2D eigenvalue weighted by molar-refractivity contribution is 0.0523. The average molecular weight is 372 g/mol. The van der Waals surface area contributed by atoms with Crippen LogP contribution in [0.4, 0.5) is 0 Å². The highest BCUT2D eigenvalue weighted by Gasteiger charge is 2.27. The maximum absolute atomic E-state index is 13.1. The molecule has 0 aliphatic heterocycles. The van der Waals surface area contributed by atoms with E-state index in [-0.39, 0.29) is 23.3 Å². The maximum atomic E-state index is 13.1. The van der Waals surface area contributed by atoms with Gasteiger partial charge in [-0.25, -0.2) is 4.79 Å². The molecule has 140 valence electrons. The summed E-state index contributed by atoms with van der Waals surface area (Å²) in [5.74, 6) is -1.07. The monoisotopic (exact) mass is 372 g/mol. The van der Waals surface area contributed by atoms with E-state index in [0.717, 1.165) is 16.3 Å². The van der Waals surface area contributed by atoms with E-state index < -0.39 is 11.8 Å². The highest BCUT2D eigenvalue weighted by molar-refractivity contribution is 6.19. The minimum Gasteiger partial charge on any atom is -0.462 e. The Hall–Kier alpha value is -3.65. The Kier molecular flexibility index (Phi) is 5.42. The van der Waals surface area contributed by atoms with E-state index in [9.17, 15) is 14.9 Å². The van der Waals surface area contributed by atoms with Crippen LogP contribution in [0, 0.1) is 25.2 Å². The number of aryl methyl sites for hydroxylation is 2. The lowest BCUT2D eigenvalue weighted by Gasteiger charge is -2.06. The van der Waals surface area contributed by atoms with E-state index in [1.54, 1.807) is 26.8 Å². The zero-order valence-electron chi connectivity index (χ0n) is 16.0. The van der Waals surface area contributed by atoms with Gasteiger partial charge in [0.25, 0.3) is 0 Å². The number of nitrogens with one attached hydrogen (secondary N) is 1. The topological polar surface area (TPSA) is 83.0 Å². The quantitative estimate of drug-likeness (QED) is 0.303. The Balaban J connectivity index is 2.06. The standard InChI is InChI=1S/C23H20N2O3/c1-4-28-23(27)21-15(3)25-14(2)20(21)22(26)19(13-24)12-16-9-10-17-7-5-6-8-18(17)11-16/h5-12,25H,4H2,1-3H3/b19-12-. The van der Waals surface area contributed by atoms with Crippen LogP contribution in [-0.2, 0) is 4.74 Å². The molecule has 5 nitrogen and oxygen atoms in total. The van der Waals surface area contributed by atoms with Crippen LogP contribution in [0.3, 0.4) is 0 Å². The molecule has 0 aliphatic rings. The van der Waals surface area contributed by atoms with Crippen molar-refractivity contribution in [2.75, 3.05) is 6.61 Å². The number of fused-ring (bicyclic) bond motifs is 1. The Bertz CT molecular complexity index is 1150. The fraction of sp³-hybridized carbons (Fsp3) is 0.174. The largest absolute Gasteiger partial charge is 0.462 e. The van der Waals surface area contributed by atoms with Gasteiger partial charge in [-0.05, 0) is 49.2 Å². The first-order chi connectivity index (χ1) is 13.5. The number of carbonyl (C=O) groups is 2. The number of benzene rings is 2. The van der Waals surface area contributed by atoms with E-state index in [2.05, 4.69) is 4.98 Å². The highest BCUT2D eigenvalue weighted by atomic mass is 16.5. The molecule has 1 aromatic heterocycles. The van der Waals surface area contributed by atoms with Crippen molar-refractivity contribution in [1.29, 1.82) is 5.26 Å². The number of ether oxygens (including phenoxy) is 1. The molecule has 2 aromatic carbocycles. The second kappa shape index (κ2) is 7.93. The first kappa shape index (κ1) is 19.1. The van der Waals surface area contributed by atoms with Crippen molar-refractivity contribution in [2.45, 2.75) is 20.8 Å². The number of hydrogen-bond acceptors (Lipinski definition) is 4. The van der Waals surface area contributed by atoms with Crippen molar-refractivity contribution in [2.24, 2.45) is 0 Å². The second-order valence-electron chi connectivity index (χ2n) is 6.45.